The summed E-state index contributed by atoms with van der Waals surface area (Å²) >= 11 is 0. The number of rotatable bonds is 3. The Bertz CT molecular complexity index is 1030. The summed E-state index contributed by atoms with van der Waals surface area (Å²) in [4.78, 5) is 16.2. The van der Waals surface area contributed by atoms with Crippen molar-refractivity contribution in [3.63, 3.8) is 0 Å². The molecule has 0 aromatic heterocycles. The molecule has 4 bridgehead atoms. The van der Waals surface area contributed by atoms with Gasteiger partial charge in [-0.1, -0.05) is 56.3 Å². The van der Waals surface area contributed by atoms with Crippen molar-refractivity contribution in [2.24, 2.45) is 22.7 Å². The third kappa shape index (κ3) is 2.27. The summed E-state index contributed by atoms with van der Waals surface area (Å²) in [6, 6.07) is 9.90. The minimum atomic E-state index is -3.58. The maximum Gasteiger partial charge on any atom is 0.254 e. The fourth-order valence-corrected chi connectivity index (χ4v) is 10.2. The van der Waals surface area contributed by atoms with E-state index >= 15 is 0 Å². The minimum Gasteiger partial charge on any atom is -0.281 e. The van der Waals surface area contributed by atoms with E-state index in [1.165, 1.54) is 4.31 Å². The van der Waals surface area contributed by atoms with Gasteiger partial charge in [-0.3, -0.25) is 9.69 Å². The number of fused-ring (bicyclic) bond motifs is 3. The average molecular weight is 427 g/mol. The highest BCUT2D eigenvalue weighted by Gasteiger charge is 2.73. The van der Waals surface area contributed by atoms with Crippen LogP contribution in [0.25, 0.3) is 0 Å². The van der Waals surface area contributed by atoms with Gasteiger partial charge in [0.25, 0.3) is 5.91 Å². The molecule has 30 heavy (non-hydrogen) atoms. The Morgan fingerprint density at radius 2 is 1.90 bits per heavy atom. The van der Waals surface area contributed by atoms with Crippen LogP contribution in [0, 0.1) is 22.7 Å². The van der Waals surface area contributed by atoms with Crippen LogP contribution in [-0.4, -0.2) is 47.4 Å². The lowest BCUT2D eigenvalue weighted by Crippen LogP contribution is -2.53. The van der Waals surface area contributed by atoms with Gasteiger partial charge in [0.1, 0.15) is 0 Å². The van der Waals surface area contributed by atoms with Crippen molar-refractivity contribution in [2.75, 3.05) is 5.75 Å². The summed E-state index contributed by atoms with van der Waals surface area (Å²) in [6.45, 7) is 5.15. The van der Waals surface area contributed by atoms with E-state index in [0.29, 0.717) is 12.5 Å². The highest BCUT2D eigenvalue weighted by Crippen LogP contribution is 2.70. The fraction of sp³-hybridized carbons (Fsp3) is 0.625. The molecule has 0 radical (unpaired) electrons. The SMILES string of the molecule is CC1(C)[C@@H]2CC[C@]13CS(=O)(=O)N(C(=O)[C@@H]1[C@H]4C=C[C@H](C4)N1Cc1ccccc1)[C@@H]3C2. The molecule has 6 atom stereocenters. The molecule has 3 aliphatic carbocycles. The first-order valence-electron chi connectivity index (χ1n) is 11.3. The lowest BCUT2D eigenvalue weighted by Gasteiger charge is -2.39. The van der Waals surface area contributed by atoms with Crippen LogP contribution in [0.4, 0.5) is 0 Å². The van der Waals surface area contributed by atoms with Crippen LogP contribution in [-0.2, 0) is 21.4 Å². The molecule has 6 heteroatoms. The van der Waals surface area contributed by atoms with Crippen LogP contribution in [0.1, 0.15) is 45.1 Å². The van der Waals surface area contributed by atoms with Gasteiger partial charge >= 0.3 is 0 Å². The summed E-state index contributed by atoms with van der Waals surface area (Å²) in [6.07, 6.45) is 8.12. The van der Waals surface area contributed by atoms with Gasteiger partial charge in [0.2, 0.25) is 10.0 Å². The number of sulfonamides is 1. The molecule has 5 aliphatic rings. The first-order chi connectivity index (χ1) is 14.2. The largest absolute Gasteiger partial charge is 0.281 e. The van der Waals surface area contributed by atoms with Crippen molar-refractivity contribution in [1.82, 2.24) is 9.21 Å². The van der Waals surface area contributed by atoms with Crippen molar-refractivity contribution >= 4 is 15.9 Å². The Balaban J connectivity index is 1.35. The van der Waals surface area contributed by atoms with E-state index < -0.39 is 10.0 Å². The van der Waals surface area contributed by atoms with Crippen LogP contribution < -0.4 is 0 Å². The van der Waals surface area contributed by atoms with E-state index in [-0.39, 0.29) is 46.5 Å². The van der Waals surface area contributed by atoms with Crippen LogP contribution in [0.3, 0.4) is 0 Å². The van der Waals surface area contributed by atoms with Gasteiger partial charge in [-0.25, -0.2) is 12.7 Å². The summed E-state index contributed by atoms with van der Waals surface area (Å²) in [5.41, 5.74) is 0.889. The second-order valence-corrected chi connectivity index (χ2v) is 12.6. The molecule has 1 aromatic carbocycles. The quantitative estimate of drug-likeness (QED) is 0.697. The van der Waals surface area contributed by atoms with E-state index in [4.69, 9.17) is 0 Å². The molecule has 2 heterocycles. The zero-order valence-corrected chi connectivity index (χ0v) is 18.5. The molecule has 4 fully saturated rings. The lowest BCUT2D eigenvalue weighted by molar-refractivity contribution is -0.135. The number of carbonyl (C=O) groups is 1. The predicted molar refractivity (Wildman–Crippen MR) is 115 cm³/mol. The highest BCUT2D eigenvalue weighted by molar-refractivity contribution is 7.90. The van der Waals surface area contributed by atoms with E-state index in [2.05, 4.69) is 43.0 Å². The third-order valence-corrected chi connectivity index (χ3v) is 11.3. The van der Waals surface area contributed by atoms with Gasteiger partial charge in [0, 0.05) is 23.9 Å². The normalized spacial score (nSPS) is 42.2. The molecule has 1 amide bonds. The van der Waals surface area contributed by atoms with Gasteiger partial charge in [0.05, 0.1) is 17.8 Å². The number of hydrogen-bond donors (Lipinski definition) is 0. The molecule has 1 spiro atoms. The maximum atomic E-state index is 14.0. The summed E-state index contributed by atoms with van der Waals surface area (Å²) < 4.78 is 28.1. The summed E-state index contributed by atoms with van der Waals surface area (Å²) in [7, 11) is -3.58. The van der Waals surface area contributed by atoms with Crippen LogP contribution in [0.15, 0.2) is 42.5 Å². The molecule has 2 saturated carbocycles. The van der Waals surface area contributed by atoms with Crippen molar-refractivity contribution in [2.45, 2.75) is 64.2 Å². The van der Waals surface area contributed by atoms with Crippen molar-refractivity contribution in [1.29, 1.82) is 0 Å². The monoisotopic (exact) mass is 426 g/mol. The molecule has 1 aromatic rings. The lowest BCUT2D eigenvalue weighted by atomic mass is 9.69. The predicted octanol–water partition coefficient (Wildman–Crippen LogP) is 3.18. The molecule has 5 nitrogen and oxygen atoms in total. The minimum absolute atomic E-state index is 0.0158. The van der Waals surface area contributed by atoms with E-state index in [0.717, 1.165) is 31.2 Å². The fourth-order valence-electron chi connectivity index (χ4n) is 7.68. The van der Waals surface area contributed by atoms with Crippen LogP contribution in [0.5, 0.6) is 0 Å². The summed E-state index contributed by atoms with van der Waals surface area (Å²) in [5, 5.41) is 0. The number of amides is 1. The Labute approximate surface area is 179 Å². The maximum absolute atomic E-state index is 14.0. The Kier molecular flexibility index (Phi) is 3.80. The Morgan fingerprint density at radius 1 is 1.13 bits per heavy atom. The third-order valence-electron chi connectivity index (χ3n) is 9.37. The van der Waals surface area contributed by atoms with E-state index in [1.807, 2.05) is 18.2 Å². The smallest absolute Gasteiger partial charge is 0.254 e. The number of carbonyl (C=O) groups excluding carboxylic acids is 1. The summed E-state index contributed by atoms with van der Waals surface area (Å²) in [5.74, 6) is 0.612. The van der Waals surface area contributed by atoms with E-state index in [9.17, 15) is 13.2 Å². The van der Waals surface area contributed by atoms with Crippen LogP contribution >= 0.6 is 0 Å². The molecular weight excluding hydrogens is 396 g/mol. The Morgan fingerprint density at radius 3 is 2.63 bits per heavy atom. The molecule has 2 saturated heterocycles. The van der Waals surface area contributed by atoms with E-state index in [1.54, 1.807) is 0 Å². The van der Waals surface area contributed by atoms with Gasteiger partial charge < -0.3 is 0 Å². The second-order valence-electron chi connectivity index (χ2n) is 10.7. The first-order valence-corrected chi connectivity index (χ1v) is 12.9. The van der Waals surface area contributed by atoms with Crippen molar-refractivity contribution in [3.05, 3.63) is 48.0 Å². The highest BCUT2D eigenvalue weighted by atomic mass is 32.2. The molecule has 2 aliphatic heterocycles. The molecule has 0 unspecified atom stereocenters. The molecular formula is C24H30N2O3S. The van der Waals surface area contributed by atoms with Crippen LogP contribution in [0.2, 0.25) is 0 Å². The molecule has 160 valence electrons. The van der Waals surface area contributed by atoms with Gasteiger partial charge in [0.15, 0.2) is 0 Å². The first kappa shape index (κ1) is 19.1. The zero-order valence-electron chi connectivity index (χ0n) is 17.7. The standard InChI is InChI=1S/C24H30N2O3S/c1-23(2)18-10-11-24(23)15-30(28,29)26(20(24)13-18)22(27)21-17-8-9-19(12-17)25(21)14-16-6-4-3-5-7-16/h3-9,17-21H,10-15H2,1-2H3/t17-,18+,19+,20+,21-,24+/m0/s1. The number of likely N-dealkylation sites (tertiary alicyclic amines) is 1. The van der Waals surface area contributed by atoms with Gasteiger partial charge in [-0.05, 0) is 42.6 Å². The number of hydrogen-bond acceptors (Lipinski definition) is 4. The number of nitrogens with zero attached hydrogens (tertiary/aromatic N) is 2. The average Bonchev–Trinajstić information content (AvgIpc) is 3.44. The zero-order chi connectivity index (χ0) is 20.9. The number of benzene rings is 1. The van der Waals surface area contributed by atoms with Gasteiger partial charge in [-0.2, -0.15) is 0 Å². The van der Waals surface area contributed by atoms with Gasteiger partial charge in [-0.15, -0.1) is 0 Å². The Hall–Kier alpha value is -1.66. The topological polar surface area (TPSA) is 57.7 Å². The van der Waals surface area contributed by atoms with Crippen molar-refractivity contribution < 1.29 is 13.2 Å². The molecule has 6 rings (SSSR count). The van der Waals surface area contributed by atoms with Crippen molar-refractivity contribution in [3.8, 4) is 0 Å². The second kappa shape index (κ2) is 5.98. The molecule has 0 N–H and O–H groups in total.